The van der Waals surface area contributed by atoms with E-state index in [4.69, 9.17) is 21.7 Å². The van der Waals surface area contributed by atoms with E-state index in [9.17, 15) is 4.79 Å². The lowest BCUT2D eigenvalue weighted by Crippen LogP contribution is -2.35. The minimum atomic E-state index is -0.437. The highest BCUT2D eigenvalue weighted by atomic mass is 35.5. The molecule has 31 heavy (non-hydrogen) atoms. The Bertz CT molecular complexity index is 1310. The van der Waals surface area contributed by atoms with Gasteiger partial charge in [-0.05, 0) is 36.0 Å². The van der Waals surface area contributed by atoms with Crippen LogP contribution in [0.4, 0.5) is 0 Å². The number of carbonyl (C=O) groups excluding carboxylic acids is 1. The maximum Gasteiger partial charge on any atom is 0.283 e. The third kappa shape index (κ3) is 3.64. The number of halogens is 1. The number of carbonyl (C=O) groups is 1. The number of ether oxygens (including phenoxy) is 1. The van der Waals surface area contributed by atoms with Gasteiger partial charge >= 0.3 is 0 Å². The van der Waals surface area contributed by atoms with Gasteiger partial charge in [0.1, 0.15) is 12.4 Å². The van der Waals surface area contributed by atoms with Gasteiger partial charge in [-0.15, -0.1) is 0 Å². The molecule has 0 aliphatic carbocycles. The van der Waals surface area contributed by atoms with Crippen molar-refractivity contribution in [2.45, 2.75) is 6.54 Å². The van der Waals surface area contributed by atoms with Gasteiger partial charge in [-0.1, -0.05) is 41.9 Å². The average Bonchev–Trinajstić information content (AvgIpc) is 3.38. The number of aliphatic imine (C=N–C) groups is 1. The minimum absolute atomic E-state index is 0.0233. The second kappa shape index (κ2) is 8.05. The molecule has 1 aromatic heterocycles. The zero-order valence-corrected chi connectivity index (χ0v) is 17.7. The topological polar surface area (TPSA) is 83.0 Å². The summed E-state index contributed by atoms with van der Waals surface area (Å²) in [5.41, 5.74) is 3.61. The zero-order chi connectivity index (χ0) is 21.4. The van der Waals surface area contributed by atoms with Crippen LogP contribution in [0.25, 0.3) is 17.0 Å². The predicted molar refractivity (Wildman–Crippen MR) is 125 cm³/mol. The van der Waals surface area contributed by atoms with Gasteiger partial charge in [-0.2, -0.15) is 15.1 Å². The maximum absolute atomic E-state index is 12.5. The second-order valence-electron chi connectivity index (χ2n) is 6.83. The maximum atomic E-state index is 12.5. The van der Waals surface area contributed by atoms with Crippen molar-refractivity contribution in [2.24, 2.45) is 10.1 Å². The summed E-state index contributed by atoms with van der Waals surface area (Å²) < 4.78 is 7.89. The van der Waals surface area contributed by atoms with E-state index in [2.05, 4.69) is 14.7 Å². The van der Waals surface area contributed by atoms with Crippen molar-refractivity contribution in [3.05, 3.63) is 70.9 Å². The highest BCUT2D eigenvalue weighted by molar-refractivity contribution is 8.25. The summed E-state index contributed by atoms with van der Waals surface area (Å²) in [7, 11) is 0. The molecule has 0 saturated heterocycles. The number of aromatic nitrogens is 1. The van der Waals surface area contributed by atoms with E-state index < -0.39 is 5.91 Å². The van der Waals surface area contributed by atoms with Gasteiger partial charge in [0.25, 0.3) is 5.91 Å². The summed E-state index contributed by atoms with van der Waals surface area (Å²) in [6, 6.07) is 15.3. The number of amides is 1. The van der Waals surface area contributed by atoms with Crippen LogP contribution in [-0.2, 0) is 11.3 Å². The Morgan fingerprint density at radius 2 is 1.97 bits per heavy atom. The van der Waals surface area contributed by atoms with E-state index in [1.165, 1.54) is 16.8 Å². The van der Waals surface area contributed by atoms with Crippen LogP contribution in [0.1, 0.15) is 5.56 Å². The fourth-order valence-corrected chi connectivity index (χ4v) is 4.28. The molecule has 154 valence electrons. The molecule has 0 radical (unpaired) electrons. The molecule has 1 N–H and O–H groups in total. The Morgan fingerprint density at radius 1 is 1.16 bits per heavy atom. The molecular formula is C22H16ClN5O2S. The molecule has 5 rings (SSSR count). The molecule has 0 bridgehead atoms. The van der Waals surface area contributed by atoms with Gasteiger partial charge in [0.15, 0.2) is 11.0 Å². The number of benzene rings is 2. The molecule has 3 aromatic rings. The molecular weight excluding hydrogens is 434 g/mol. The molecule has 2 aromatic carbocycles. The highest BCUT2D eigenvalue weighted by Gasteiger charge is 2.32. The van der Waals surface area contributed by atoms with Gasteiger partial charge in [0.2, 0.25) is 0 Å². The molecule has 2 aliphatic heterocycles. The molecule has 0 spiro atoms. The van der Waals surface area contributed by atoms with Crippen LogP contribution in [-0.4, -0.2) is 38.6 Å². The molecule has 1 amide bonds. The number of hydrogen-bond acceptors (Lipinski definition) is 5. The number of fused-ring (bicyclic) bond motifs is 2. The van der Waals surface area contributed by atoms with Crippen LogP contribution in [0.3, 0.4) is 0 Å². The number of amidine groups is 2. The lowest BCUT2D eigenvalue weighted by atomic mass is 10.1. The van der Waals surface area contributed by atoms with Crippen LogP contribution >= 0.6 is 23.4 Å². The predicted octanol–water partition coefficient (Wildman–Crippen LogP) is 4.62. The number of hydrogen-bond donors (Lipinski definition) is 1. The van der Waals surface area contributed by atoms with E-state index in [1.54, 1.807) is 17.7 Å². The van der Waals surface area contributed by atoms with Gasteiger partial charge in [-0.25, -0.2) is 0 Å². The SMILES string of the molecule is N=C1/C(=C\c2cn(CCOc3ccccc3Cl)c3ccccc23)C(=O)N=C2SC=NN12. The summed E-state index contributed by atoms with van der Waals surface area (Å²) in [5.74, 6) is 0.227. The largest absolute Gasteiger partial charge is 0.490 e. The van der Waals surface area contributed by atoms with E-state index in [-0.39, 0.29) is 11.4 Å². The van der Waals surface area contributed by atoms with E-state index in [0.717, 1.165) is 16.5 Å². The monoisotopic (exact) mass is 449 g/mol. The van der Waals surface area contributed by atoms with Gasteiger partial charge < -0.3 is 9.30 Å². The Labute approximate surface area is 187 Å². The van der Waals surface area contributed by atoms with Crippen molar-refractivity contribution in [2.75, 3.05) is 6.61 Å². The summed E-state index contributed by atoms with van der Waals surface area (Å²) in [6.07, 6.45) is 3.66. The number of nitrogens with one attached hydrogen (secondary N) is 1. The molecule has 0 atom stereocenters. The van der Waals surface area contributed by atoms with Crippen molar-refractivity contribution in [3.63, 3.8) is 0 Å². The molecule has 0 fully saturated rings. The first-order valence-electron chi connectivity index (χ1n) is 9.50. The first kappa shape index (κ1) is 19.6. The third-order valence-electron chi connectivity index (χ3n) is 4.94. The smallest absolute Gasteiger partial charge is 0.283 e. The summed E-state index contributed by atoms with van der Waals surface area (Å²) in [4.78, 5) is 16.6. The molecule has 9 heteroatoms. The molecule has 7 nitrogen and oxygen atoms in total. The normalized spacial score (nSPS) is 16.9. The average molecular weight is 450 g/mol. The van der Waals surface area contributed by atoms with E-state index in [1.807, 2.05) is 48.7 Å². The summed E-state index contributed by atoms with van der Waals surface area (Å²) in [5, 5.41) is 15.8. The Morgan fingerprint density at radius 3 is 2.84 bits per heavy atom. The summed E-state index contributed by atoms with van der Waals surface area (Å²) >= 11 is 7.39. The van der Waals surface area contributed by atoms with Crippen molar-refractivity contribution >= 4 is 62.8 Å². The van der Waals surface area contributed by atoms with Crippen molar-refractivity contribution in [3.8, 4) is 5.75 Å². The van der Waals surface area contributed by atoms with Crippen LogP contribution < -0.4 is 4.74 Å². The fourth-order valence-electron chi connectivity index (χ4n) is 3.48. The number of nitrogens with zero attached hydrogens (tertiary/aromatic N) is 4. The van der Waals surface area contributed by atoms with Crippen LogP contribution in [0.15, 0.2) is 70.4 Å². The van der Waals surface area contributed by atoms with E-state index >= 15 is 0 Å². The molecule has 0 unspecified atom stereocenters. The molecule has 2 aliphatic rings. The van der Waals surface area contributed by atoms with Crippen LogP contribution in [0, 0.1) is 5.41 Å². The number of rotatable bonds is 5. The summed E-state index contributed by atoms with van der Waals surface area (Å²) in [6.45, 7) is 1.02. The number of hydrazone groups is 1. The number of para-hydroxylation sites is 2. The molecule has 0 saturated carbocycles. The van der Waals surface area contributed by atoms with Crippen molar-refractivity contribution in [1.82, 2.24) is 9.58 Å². The number of thioether (sulfide) groups is 1. The second-order valence-corrected chi connectivity index (χ2v) is 8.05. The fraction of sp³-hybridized carbons (Fsp3) is 0.0909. The van der Waals surface area contributed by atoms with Gasteiger partial charge in [-0.3, -0.25) is 10.2 Å². The molecule has 3 heterocycles. The minimum Gasteiger partial charge on any atom is -0.490 e. The lowest BCUT2D eigenvalue weighted by molar-refractivity contribution is -0.114. The van der Waals surface area contributed by atoms with E-state index in [0.29, 0.717) is 29.1 Å². The first-order valence-corrected chi connectivity index (χ1v) is 10.8. The van der Waals surface area contributed by atoms with Crippen LogP contribution in [0.5, 0.6) is 5.75 Å². The Hall–Kier alpha value is -3.36. The van der Waals surface area contributed by atoms with Crippen LogP contribution in [0.2, 0.25) is 5.02 Å². The van der Waals surface area contributed by atoms with Crippen molar-refractivity contribution < 1.29 is 9.53 Å². The van der Waals surface area contributed by atoms with Gasteiger partial charge in [0.05, 0.1) is 22.7 Å². The van der Waals surface area contributed by atoms with Gasteiger partial charge in [0, 0.05) is 22.7 Å². The standard InChI is InChI=1S/C22H16ClN5O2S/c23-17-6-2-4-8-19(17)30-10-9-27-12-14(15-5-1-3-7-18(15)27)11-16-20(24)28-22(26-21(16)29)31-13-25-28/h1-8,11-13,24H,9-10H2/b16-11+,24-20?. The van der Waals surface area contributed by atoms with Crippen molar-refractivity contribution in [1.29, 1.82) is 5.41 Å². The Balaban J connectivity index is 1.45. The Kier molecular flexibility index (Phi) is 5.09. The highest BCUT2D eigenvalue weighted by Crippen LogP contribution is 2.28. The first-order chi connectivity index (χ1) is 15.1. The quantitative estimate of drug-likeness (QED) is 0.576. The lowest BCUT2D eigenvalue weighted by Gasteiger charge is -2.20. The third-order valence-corrected chi connectivity index (χ3v) is 5.93. The zero-order valence-electron chi connectivity index (χ0n) is 16.2.